The van der Waals surface area contributed by atoms with E-state index in [2.05, 4.69) is 17.0 Å². The molecule has 4 aromatic rings. The number of sulfonamides is 1. The molecule has 1 aromatic heterocycles. The zero-order valence-corrected chi connectivity index (χ0v) is 29.1. The second-order valence-electron chi connectivity index (χ2n) is 11.6. The quantitative estimate of drug-likeness (QED) is 0.115. The van der Waals surface area contributed by atoms with Crippen molar-refractivity contribution in [3.8, 4) is 11.1 Å². The van der Waals surface area contributed by atoms with Crippen LogP contribution in [0.1, 0.15) is 60.9 Å². The molecule has 248 valence electrons. The van der Waals surface area contributed by atoms with Crippen LogP contribution in [-0.2, 0) is 33.8 Å². The van der Waals surface area contributed by atoms with Gasteiger partial charge >= 0.3 is 6.03 Å². The lowest BCUT2D eigenvalue weighted by Crippen LogP contribution is -2.41. The molecule has 1 atom stereocenters. The number of carbonyl (C=O) groups excluding carboxylic acids is 2. The average molecular weight is 693 g/mol. The largest absolute Gasteiger partial charge is 0.337 e. The minimum absolute atomic E-state index is 0.00696. The topological polar surface area (TPSA) is 127 Å². The van der Waals surface area contributed by atoms with Gasteiger partial charge in [0.1, 0.15) is 16.5 Å². The maximum absolute atomic E-state index is 13.6. The van der Waals surface area contributed by atoms with E-state index in [4.69, 9.17) is 4.98 Å². The van der Waals surface area contributed by atoms with Crippen molar-refractivity contribution in [2.45, 2.75) is 66.8 Å². The molecule has 2 amide bonds. The molecule has 1 saturated carbocycles. The number of carbonyl (C=O) groups is 2. The summed E-state index contributed by atoms with van der Waals surface area (Å²) in [5.41, 5.74) is 2.47. The number of hydrogen-bond donors (Lipinski definition) is 2. The number of nitrogens with zero attached hydrogens (tertiary/aromatic N) is 2. The Morgan fingerprint density at radius 2 is 1.66 bits per heavy atom. The summed E-state index contributed by atoms with van der Waals surface area (Å²) >= 11 is 1.39. The first-order valence-electron chi connectivity index (χ1n) is 15.8. The molecule has 0 aliphatic heterocycles. The van der Waals surface area contributed by atoms with E-state index in [-0.39, 0.29) is 16.4 Å². The third-order valence-corrected chi connectivity index (χ3v) is 11.6. The monoisotopic (exact) mass is 692 g/mol. The number of ketones is 1. The van der Waals surface area contributed by atoms with Crippen LogP contribution in [-0.4, -0.2) is 52.5 Å². The predicted molar refractivity (Wildman–Crippen MR) is 187 cm³/mol. The Bertz CT molecular complexity index is 1830. The molecule has 1 aliphatic rings. The molecule has 0 radical (unpaired) electrons. The molecule has 1 fully saturated rings. The molecule has 1 aliphatic carbocycles. The van der Waals surface area contributed by atoms with Crippen molar-refractivity contribution in [3.05, 3.63) is 95.9 Å². The van der Waals surface area contributed by atoms with Gasteiger partial charge in [-0.25, -0.2) is 22.9 Å². The molecule has 2 N–H and O–H groups in total. The normalized spacial score (nSPS) is 14.2. The zero-order chi connectivity index (χ0) is 33.4. The summed E-state index contributed by atoms with van der Waals surface area (Å²) in [5, 5.41) is 3.32. The van der Waals surface area contributed by atoms with E-state index in [1.54, 1.807) is 42.5 Å². The van der Waals surface area contributed by atoms with Gasteiger partial charge in [-0.15, -0.1) is 11.8 Å². The van der Waals surface area contributed by atoms with Crippen LogP contribution in [0.4, 0.5) is 4.79 Å². The van der Waals surface area contributed by atoms with Gasteiger partial charge in [-0.05, 0) is 60.8 Å². The summed E-state index contributed by atoms with van der Waals surface area (Å²) in [7, 11) is -5.63. The summed E-state index contributed by atoms with van der Waals surface area (Å²) in [6.45, 7) is 2.88. The lowest BCUT2D eigenvalue weighted by Gasteiger charge is -2.15. The maximum atomic E-state index is 13.6. The van der Waals surface area contributed by atoms with Crippen LogP contribution in [0.15, 0.2) is 93.7 Å². The number of rotatable bonds is 14. The van der Waals surface area contributed by atoms with Crippen molar-refractivity contribution >= 4 is 44.4 Å². The molecule has 0 spiro atoms. The molecule has 0 saturated heterocycles. The Balaban J connectivity index is 1.36. The Hall–Kier alpha value is -3.74. The molecular weight excluding hydrogens is 653 g/mol. The molecule has 1 heterocycles. The lowest BCUT2D eigenvalue weighted by molar-refractivity contribution is 0.101. The lowest BCUT2D eigenvalue weighted by atomic mass is 10.0. The number of nitrogens with one attached hydrogen (secondary N) is 2. The van der Waals surface area contributed by atoms with Gasteiger partial charge in [0, 0.05) is 30.0 Å². The first kappa shape index (κ1) is 34.6. The van der Waals surface area contributed by atoms with Crippen molar-refractivity contribution in [3.63, 3.8) is 0 Å². The van der Waals surface area contributed by atoms with Crippen molar-refractivity contribution in [1.82, 2.24) is 19.6 Å². The molecule has 47 heavy (non-hydrogen) atoms. The highest BCUT2D eigenvalue weighted by molar-refractivity contribution is 7.98. The third kappa shape index (κ3) is 8.60. The van der Waals surface area contributed by atoms with E-state index in [0.29, 0.717) is 52.2 Å². The van der Waals surface area contributed by atoms with Gasteiger partial charge in [-0.3, -0.25) is 9.00 Å². The minimum atomic E-state index is -4.14. The van der Waals surface area contributed by atoms with Gasteiger partial charge in [0.25, 0.3) is 10.0 Å². The fourth-order valence-electron chi connectivity index (χ4n) is 5.89. The van der Waals surface area contributed by atoms with Crippen LogP contribution in [0, 0.1) is 5.92 Å². The van der Waals surface area contributed by atoms with Crippen LogP contribution in [0.2, 0.25) is 0 Å². The number of Topliss-reactive ketones (excluding diaryl/α,β-unsaturated/α-hetero) is 1. The van der Waals surface area contributed by atoms with Gasteiger partial charge < -0.3 is 9.88 Å². The Morgan fingerprint density at radius 3 is 2.34 bits per heavy atom. The van der Waals surface area contributed by atoms with Gasteiger partial charge in [0.15, 0.2) is 5.78 Å². The summed E-state index contributed by atoms with van der Waals surface area (Å²) in [6.07, 6.45) is 7.74. The standard InChI is InChI=1S/C35H40N4O5S3/c1-3-11-32-37-34(45-2)33(30(40)24-46(42)28-14-5-4-6-15-28)39(32)23-26-18-20-27(21-19-26)29-16-9-10-17-31(29)47(43,44)38-35(41)36-22-25-12-7-8-13-25/h4-6,9-10,14-21,25H,3,7-8,11-13,22-24H2,1-2H3,(H2,36,38,41). The minimum Gasteiger partial charge on any atom is -0.337 e. The van der Waals surface area contributed by atoms with E-state index in [9.17, 15) is 22.2 Å². The smallest absolute Gasteiger partial charge is 0.328 e. The Morgan fingerprint density at radius 1 is 0.979 bits per heavy atom. The number of imidazole rings is 1. The average Bonchev–Trinajstić information content (AvgIpc) is 3.72. The molecule has 12 heteroatoms. The molecule has 3 aromatic carbocycles. The number of aromatic nitrogens is 2. The van der Waals surface area contributed by atoms with Crippen LogP contribution in [0.5, 0.6) is 0 Å². The number of amides is 2. The van der Waals surface area contributed by atoms with E-state index >= 15 is 0 Å². The van der Waals surface area contributed by atoms with E-state index < -0.39 is 26.9 Å². The van der Waals surface area contributed by atoms with Crippen LogP contribution in [0.3, 0.4) is 0 Å². The fraction of sp³-hybridized carbons (Fsp3) is 0.343. The van der Waals surface area contributed by atoms with Gasteiger partial charge in [-0.1, -0.05) is 80.4 Å². The second kappa shape index (κ2) is 15.9. The second-order valence-corrected chi connectivity index (χ2v) is 15.5. The zero-order valence-electron chi connectivity index (χ0n) is 26.6. The summed E-state index contributed by atoms with van der Waals surface area (Å²) in [4.78, 5) is 31.5. The molecule has 1 unspecified atom stereocenters. The van der Waals surface area contributed by atoms with Crippen LogP contribution in [0.25, 0.3) is 11.1 Å². The number of urea groups is 1. The van der Waals surface area contributed by atoms with E-state index in [1.807, 2.05) is 41.2 Å². The number of hydrogen-bond acceptors (Lipinski definition) is 7. The van der Waals surface area contributed by atoms with Crippen LogP contribution >= 0.6 is 11.8 Å². The Kier molecular flexibility index (Phi) is 11.7. The van der Waals surface area contributed by atoms with Crippen molar-refractivity contribution in [1.29, 1.82) is 0 Å². The number of aryl methyl sites for hydroxylation is 1. The SMILES string of the molecule is CCCc1nc(SC)c(C(=O)CS(=O)c2ccccc2)n1Cc1ccc(-c2ccccc2S(=O)(=O)NC(=O)NCC2CCCC2)cc1. The fourth-order valence-corrected chi connectivity index (χ4v) is 8.67. The van der Waals surface area contributed by atoms with Crippen LogP contribution < -0.4 is 10.0 Å². The number of thioether (sulfide) groups is 1. The highest BCUT2D eigenvalue weighted by atomic mass is 32.2. The van der Waals surface area contributed by atoms with Gasteiger partial charge in [-0.2, -0.15) is 0 Å². The summed E-state index contributed by atoms with van der Waals surface area (Å²) in [5.74, 6) is 0.783. The summed E-state index contributed by atoms with van der Waals surface area (Å²) < 4.78 is 43.7. The Labute approximate surface area is 283 Å². The molecule has 9 nitrogen and oxygen atoms in total. The van der Waals surface area contributed by atoms with Crippen molar-refractivity contribution in [2.24, 2.45) is 5.92 Å². The molecule has 0 bridgehead atoms. The first-order valence-corrected chi connectivity index (χ1v) is 19.8. The van der Waals surface area contributed by atoms with Crippen molar-refractivity contribution in [2.75, 3.05) is 18.6 Å². The highest BCUT2D eigenvalue weighted by Gasteiger charge is 2.26. The van der Waals surface area contributed by atoms with E-state index in [0.717, 1.165) is 43.5 Å². The summed E-state index contributed by atoms with van der Waals surface area (Å²) in [6, 6.07) is 22.3. The number of benzene rings is 3. The molecular formula is C35H40N4O5S3. The maximum Gasteiger partial charge on any atom is 0.328 e. The third-order valence-electron chi connectivity index (χ3n) is 8.25. The highest BCUT2D eigenvalue weighted by Crippen LogP contribution is 2.29. The van der Waals surface area contributed by atoms with Crippen molar-refractivity contribution < 1.29 is 22.2 Å². The van der Waals surface area contributed by atoms with Gasteiger partial charge in [0.05, 0.1) is 21.4 Å². The van der Waals surface area contributed by atoms with Gasteiger partial charge in [0.2, 0.25) is 0 Å². The first-order chi connectivity index (χ1) is 22.7. The molecule has 5 rings (SSSR count). The van der Waals surface area contributed by atoms with E-state index in [1.165, 1.54) is 17.8 Å². The predicted octanol–water partition coefficient (Wildman–Crippen LogP) is 6.44.